The Balaban J connectivity index is 1.46. The van der Waals surface area contributed by atoms with Crippen LogP contribution in [0, 0.1) is 11.8 Å². The van der Waals surface area contributed by atoms with Gasteiger partial charge in [-0.25, -0.2) is 4.98 Å². The summed E-state index contributed by atoms with van der Waals surface area (Å²) in [7, 11) is 0. The molecule has 0 radical (unpaired) electrons. The number of pyridine rings is 1. The molecule has 2 atom stereocenters. The molecular weight excluding hydrogens is 276 g/mol. The monoisotopic (exact) mass is 302 g/mol. The molecule has 1 amide bonds. The van der Waals surface area contributed by atoms with Gasteiger partial charge in [0, 0.05) is 31.9 Å². The number of carbonyl (C=O) groups is 1. The number of amides is 1. The molecule has 22 heavy (non-hydrogen) atoms. The van der Waals surface area contributed by atoms with Gasteiger partial charge in [0.25, 0.3) is 0 Å². The third kappa shape index (κ3) is 3.77. The van der Waals surface area contributed by atoms with E-state index in [2.05, 4.69) is 27.4 Å². The molecule has 2 N–H and O–H groups in total. The summed E-state index contributed by atoms with van der Waals surface area (Å²) in [4.78, 5) is 19.1. The minimum Gasteiger partial charge on any atom is -0.356 e. The van der Waals surface area contributed by atoms with E-state index < -0.39 is 0 Å². The molecule has 1 aromatic rings. The van der Waals surface area contributed by atoms with Crippen LogP contribution >= 0.6 is 0 Å². The number of aromatic nitrogens is 1. The molecule has 0 aromatic carbocycles. The maximum Gasteiger partial charge on any atom is 0.224 e. The zero-order chi connectivity index (χ0) is 15.4. The Labute approximate surface area is 132 Å². The van der Waals surface area contributed by atoms with Crippen LogP contribution in [0.2, 0.25) is 0 Å². The molecule has 2 fully saturated rings. The molecule has 0 aliphatic carbocycles. The highest BCUT2D eigenvalue weighted by Crippen LogP contribution is 2.19. The lowest BCUT2D eigenvalue weighted by molar-refractivity contribution is -0.126. The van der Waals surface area contributed by atoms with E-state index in [1.54, 1.807) is 0 Å². The second kappa shape index (κ2) is 7.09. The summed E-state index contributed by atoms with van der Waals surface area (Å²) in [5.41, 5.74) is 0. The Morgan fingerprint density at radius 2 is 2.14 bits per heavy atom. The normalized spacial score (nSPS) is 26.7. The summed E-state index contributed by atoms with van der Waals surface area (Å²) < 4.78 is 0. The van der Waals surface area contributed by atoms with Crippen molar-refractivity contribution in [2.45, 2.75) is 32.2 Å². The summed E-state index contributed by atoms with van der Waals surface area (Å²) in [6.45, 7) is 5.98. The summed E-state index contributed by atoms with van der Waals surface area (Å²) >= 11 is 0. The van der Waals surface area contributed by atoms with Crippen LogP contribution in [-0.4, -0.2) is 43.1 Å². The zero-order valence-corrected chi connectivity index (χ0v) is 13.3. The molecule has 3 rings (SSSR count). The van der Waals surface area contributed by atoms with Crippen LogP contribution < -0.4 is 15.5 Å². The maximum atomic E-state index is 12.4. The molecule has 0 bridgehead atoms. The van der Waals surface area contributed by atoms with E-state index in [4.69, 9.17) is 0 Å². The molecule has 0 spiro atoms. The predicted molar refractivity (Wildman–Crippen MR) is 87.8 cm³/mol. The zero-order valence-electron chi connectivity index (χ0n) is 13.3. The second-order valence-corrected chi connectivity index (χ2v) is 6.65. The smallest absolute Gasteiger partial charge is 0.224 e. The van der Waals surface area contributed by atoms with E-state index in [0.717, 1.165) is 51.3 Å². The first-order valence-electron chi connectivity index (χ1n) is 8.39. The van der Waals surface area contributed by atoms with Crippen molar-refractivity contribution in [3.63, 3.8) is 0 Å². The summed E-state index contributed by atoms with van der Waals surface area (Å²) in [6, 6.07) is 6.32. The lowest BCUT2D eigenvalue weighted by atomic mass is 9.90. The van der Waals surface area contributed by atoms with Crippen molar-refractivity contribution >= 4 is 11.7 Å². The van der Waals surface area contributed by atoms with E-state index in [1.165, 1.54) is 0 Å². The van der Waals surface area contributed by atoms with Gasteiger partial charge in [0.2, 0.25) is 5.91 Å². The molecule has 1 aromatic heterocycles. The van der Waals surface area contributed by atoms with E-state index in [-0.39, 0.29) is 11.8 Å². The third-order valence-corrected chi connectivity index (χ3v) is 4.76. The van der Waals surface area contributed by atoms with E-state index >= 15 is 0 Å². The molecule has 120 valence electrons. The predicted octanol–water partition coefficient (Wildman–Crippen LogP) is 1.41. The highest BCUT2D eigenvalue weighted by molar-refractivity contribution is 5.79. The van der Waals surface area contributed by atoms with Gasteiger partial charge in [0.15, 0.2) is 0 Å². The second-order valence-electron chi connectivity index (χ2n) is 6.65. The minimum absolute atomic E-state index is 0.137. The van der Waals surface area contributed by atoms with E-state index in [0.29, 0.717) is 12.0 Å². The largest absolute Gasteiger partial charge is 0.356 e. The standard InChI is InChI=1S/C17H26N4O/c1-13-10-14(12-18-11-13)17(22)20-15-5-8-21(9-6-15)16-4-2-3-7-19-16/h2-4,7,13-15,18H,5-6,8-12H2,1H3,(H,20,22). The topological polar surface area (TPSA) is 57.3 Å². The van der Waals surface area contributed by atoms with Crippen LogP contribution in [0.1, 0.15) is 26.2 Å². The van der Waals surface area contributed by atoms with Gasteiger partial charge in [0.05, 0.1) is 5.92 Å². The highest BCUT2D eigenvalue weighted by Gasteiger charge is 2.28. The van der Waals surface area contributed by atoms with Crippen LogP contribution in [0.3, 0.4) is 0 Å². The molecular formula is C17H26N4O. The summed E-state index contributed by atoms with van der Waals surface area (Å²) in [5.74, 6) is 2.00. The van der Waals surface area contributed by atoms with Gasteiger partial charge in [0.1, 0.15) is 5.82 Å². The van der Waals surface area contributed by atoms with Crippen molar-refractivity contribution < 1.29 is 4.79 Å². The minimum atomic E-state index is 0.137. The Hall–Kier alpha value is -1.62. The van der Waals surface area contributed by atoms with Crippen LogP contribution in [0.5, 0.6) is 0 Å². The molecule has 2 unspecified atom stereocenters. The number of nitrogens with one attached hydrogen (secondary N) is 2. The van der Waals surface area contributed by atoms with Gasteiger partial charge in [-0.1, -0.05) is 13.0 Å². The van der Waals surface area contributed by atoms with Crippen molar-refractivity contribution in [3.05, 3.63) is 24.4 Å². The third-order valence-electron chi connectivity index (χ3n) is 4.76. The molecule has 2 saturated heterocycles. The fourth-order valence-electron chi connectivity index (χ4n) is 3.47. The average Bonchev–Trinajstić information content (AvgIpc) is 2.56. The molecule has 2 aliphatic rings. The first kappa shape index (κ1) is 15.3. The van der Waals surface area contributed by atoms with Gasteiger partial charge in [-0.15, -0.1) is 0 Å². The fraction of sp³-hybridized carbons (Fsp3) is 0.647. The van der Waals surface area contributed by atoms with Crippen molar-refractivity contribution in [2.75, 3.05) is 31.1 Å². The van der Waals surface area contributed by atoms with Crippen LogP contribution in [0.15, 0.2) is 24.4 Å². The molecule has 3 heterocycles. The van der Waals surface area contributed by atoms with E-state index in [9.17, 15) is 4.79 Å². The SMILES string of the molecule is CC1CNCC(C(=O)NC2CCN(c3ccccn3)CC2)C1. The number of hydrogen-bond acceptors (Lipinski definition) is 4. The Bertz CT molecular complexity index is 485. The molecule has 5 nitrogen and oxygen atoms in total. The van der Waals surface area contributed by atoms with Crippen molar-refractivity contribution in [1.29, 1.82) is 0 Å². The van der Waals surface area contributed by atoms with Gasteiger partial charge < -0.3 is 15.5 Å². The summed E-state index contributed by atoms with van der Waals surface area (Å²) in [6.07, 6.45) is 4.84. The Kier molecular flexibility index (Phi) is 4.93. The number of piperidine rings is 2. The number of hydrogen-bond donors (Lipinski definition) is 2. The Morgan fingerprint density at radius 3 is 2.82 bits per heavy atom. The lowest BCUT2D eigenvalue weighted by Crippen LogP contribution is -2.49. The number of carbonyl (C=O) groups excluding carboxylic acids is 1. The first-order valence-corrected chi connectivity index (χ1v) is 8.39. The average molecular weight is 302 g/mol. The van der Waals surface area contributed by atoms with Crippen molar-refractivity contribution in [1.82, 2.24) is 15.6 Å². The Morgan fingerprint density at radius 1 is 1.32 bits per heavy atom. The number of anilines is 1. The van der Waals surface area contributed by atoms with Crippen LogP contribution in [0.4, 0.5) is 5.82 Å². The number of nitrogens with zero attached hydrogens (tertiary/aromatic N) is 2. The fourth-order valence-corrected chi connectivity index (χ4v) is 3.47. The van der Waals surface area contributed by atoms with Gasteiger partial charge in [-0.05, 0) is 43.9 Å². The van der Waals surface area contributed by atoms with Gasteiger partial charge in [-0.2, -0.15) is 0 Å². The highest BCUT2D eigenvalue weighted by atomic mass is 16.2. The molecule has 0 saturated carbocycles. The van der Waals surface area contributed by atoms with Gasteiger partial charge in [-0.3, -0.25) is 4.79 Å². The van der Waals surface area contributed by atoms with E-state index in [1.807, 2.05) is 24.4 Å². The number of rotatable bonds is 3. The van der Waals surface area contributed by atoms with Gasteiger partial charge >= 0.3 is 0 Å². The maximum absolute atomic E-state index is 12.4. The quantitative estimate of drug-likeness (QED) is 0.886. The van der Waals surface area contributed by atoms with Crippen LogP contribution in [-0.2, 0) is 4.79 Å². The lowest BCUT2D eigenvalue weighted by Gasteiger charge is -2.34. The molecule has 5 heteroatoms. The summed E-state index contributed by atoms with van der Waals surface area (Å²) in [5, 5.41) is 6.61. The van der Waals surface area contributed by atoms with Crippen molar-refractivity contribution in [2.24, 2.45) is 11.8 Å². The van der Waals surface area contributed by atoms with Crippen molar-refractivity contribution in [3.8, 4) is 0 Å². The first-order chi connectivity index (χ1) is 10.7. The molecule has 2 aliphatic heterocycles. The van der Waals surface area contributed by atoms with Crippen LogP contribution in [0.25, 0.3) is 0 Å².